The van der Waals surface area contributed by atoms with E-state index in [0.29, 0.717) is 5.57 Å². The fourth-order valence-corrected chi connectivity index (χ4v) is 1.60. The molecule has 1 heterocycles. The maximum atomic E-state index is 12.1. The Labute approximate surface area is 109 Å². The molecule has 18 heavy (non-hydrogen) atoms. The van der Waals surface area contributed by atoms with E-state index in [-0.39, 0.29) is 17.3 Å². The van der Waals surface area contributed by atoms with Crippen LogP contribution in [-0.4, -0.2) is 30.1 Å². The molecule has 0 aliphatic carbocycles. The van der Waals surface area contributed by atoms with Gasteiger partial charge in [0.1, 0.15) is 0 Å². The maximum Gasteiger partial charge on any atom is 0.313 e. The number of ether oxygens (including phenoxy) is 1. The summed E-state index contributed by atoms with van der Waals surface area (Å²) in [4.78, 5) is 25.4. The van der Waals surface area contributed by atoms with E-state index in [1.54, 1.807) is 33.9 Å². The number of rotatable bonds is 1. The number of hydrogen-bond acceptors (Lipinski definition) is 3. The van der Waals surface area contributed by atoms with Crippen LogP contribution in [0.2, 0.25) is 0 Å². The molecule has 1 amide bonds. The van der Waals surface area contributed by atoms with Gasteiger partial charge in [0, 0.05) is 12.6 Å². The summed E-state index contributed by atoms with van der Waals surface area (Å²) in [6, 6.07) is 0. The molecule has 4 nitrogen and oxygen atoms in total. The van der Waals surface area contributed by atoms with Crippen molar-refractivity contribution < 1.29 is 14.3 Å². The van der Waals surface area contributed by atoms with Gasteiger partial charge in [-0.25, -0.2) is 0 Å². The van der Waals surface area contributed by atoms with Gasteiger partial charge in [-0.15, -0.1) is 0 Å². The van der Waals surface area contributed by atoms with Gasteiger partial charge in [-0.2, -0.15) is 0 Å². The van der Waals surface area contributed by atoms with Crippen molar-refractivity contribution in [3.8, 4) is 0 Å². The van der Waals surface area contributed by atoms with Crippen molar-refractivity contribution >= 4 is 11.9 Å². The van der Waals surface area contributed by atoms with Crippen molar-refractivity contribution in [3.63, 3.8) is 0 Å². The summed E-state index contributed by atoms with van der Waals surface area (Å²) in [5.41, 5.74) is -0.118. The van der Waals surface area contributed by atoms with Gasteiger partial charge in [0.2, 0.25) is 0 Å². The highest BCUT2D eigenvalue weighted by Crippen LogP contribution is 2.33. The molecule has 0 saturated carbocycles. The van der Waals surface area contributed by atoms with Crippen molar-refractivity contribution in [2.75, 3.05) is 7.05 Å². The van der Waals surface area contributed by atoms with E-state index in [9.17, 15) is 9.59 Å². The van der Waals surface area contributed by atoms with E-state index in [1.807, 2.05) is 20.8 Å². The van der Waals surface area contributed by atoms with Crippen molar-refractivity contribution in [2.24, 2.45) is 10.8 Å². The standard InChI is InChI=1S/C14H23NO3/c1-13(2,3)9-8-10(15(7)11(9)16)18-12(17)14(4,5)6/h8,10H,1-7H3. The lowest BCUT2D eigenvalue weighted by atomic mass is 9.86. The summed E-state index contributed by atoms with van der Waals surface area (Å²) in [5.74, 6) is -0.382. The van der Waals surface area contributed by atoms with Gasteiger partial charge in [-0.1, -0.05) is 20.8 Å². The second-order valence-corrected chi connectivity index (χ2v) is 6.79. The predicted octanol–water partition coefficient (Wildman–Crippen LogP) is 2.35. The smallest absolute Gasteiger partial charge is 0.313 e. The van der Waals surface area contributed by atoms with Crippen molar-refractivity contribution in [3.05, 3.63) is 11.6 Å². The summed E-state index contributed by atoms with van der Waals surface area (Å²) >= 11 is 0. The largest absolute Gasteiger partial charge is 0.437 e. The molecule has 1 atom stereocenters. The molecule has 1 rings (SSSR count). The van der Waals surface area contributed by atoms with E-state index in [2.05, 4.69) is 0 Å². The molecule has 1 aliphatic heterocycles. The Bertz CT molecular complexity index is 396. The van der Waals surface area contributed by atoms with Crippen LogP contribution in [0.25, 0.3) is 0 Å². The zero-order chi connectivity index (χ0) is 14.3. The molecule has 4 heteroatoms. The summed E-state index contributed by atoms with van der Waals surface area (Å²) in [5, 5.41) is 0. The number of carbonyl (C=O) groups excluding carboxylic acids is 2. The van der Waals surface area contributed by atoms with Crippen LogP contribution in [0, 0.1) is 10.8 Å². The SMILES string of the molecule is CN1C(=O)C(C(C)(C)C)=CC1OC(=O)C(C)(C)C. The van der Waals surface area contributed by atoms with E-state index in [0.717, 1.165) is 0 Å². The number of carbonyl (C=O) groups is 2. The normalized spacial score (nSPS) is 21.1. The Balaban J connectivity index is 2.90. The highest BCUT2D eigenvalue weighted by molar-refractivity contribution is 5.97. The van der Waals surface area contributed by atoms with E-state index < -0.39 is 11.6 Å². The molecular formula is C14H23NO3. The Morgan fingerprint density at radius 1 is 1.22 bits per heavy atom. The zero-order valence-corrected chi connectivity index (χ0v) is 12.3. The van der Waals surface area contributed by atoms with Gasteiger partial charge in [0.15, 0.2) is 6.23 Å². The lowest BCUT2D eigenvalue weighted by Crippen LogP contribution is -2.37. The van der Waals surface area contributed by atoms with Crippen LogP contribution in [0.4, 0.5) is 0 Å². The van der Waals surface area contributed by atoms with Gasteiger partial charge < -0.3 is 9.64 Å². The van der Waals surface area contributed by atoms with Crippen molar-refractivity contribution in [1.29, 1.82) is 0 Å². The Hall–Kier alpha value is -1.32. The second kappa shape index (κ2) is 4.41. The Morgan fingerprint density at radius 3 is 2.06 bits per heavy atom. The first-order chi connectivity index (χ1) is 7.94. The lowest BCUT2D eigenvalue weighted by molar-refractivity contribution is -0.164. The summed E-state index contributed by atoms with van der Waals surface area (Å²) in [6.45, 7) is 11.3. The number of hydrogen-bond donors (Lipinski definition) is 0. The van der Waals surface area contributed by atoms with Crippen LogP contribution >= 0.6 is 0 Å². The van der Waals surface area contributed by atoms with Gasteiger partial charge in [-0.05, 0) is 32.3 Å². The molecular weight excluding hydrogens is 230 g/mol. The van der Waals surface area contributed by atoms with E-state index in [1.165, 1.54) is 4.90 Å². The quantitative estimate of drug-likeness (QED) is 0.674. The van der Waals surface area contributed by atoms with E-state index in [4.69, 9.17) is 4.74 Å². The van der Waals surface area contributed by atoms with Gasteiger partial charge in [0.05, 0.1) is 5.41 Å². The lowest BCUT2D eigenvalue weighted by Gasteiger charge is -2.24. The molecule has 0 bridgehead atoms. The van der Waals surface area contributed by atoms with Crippen LogP contribution in [0.3, 0.4) is 0 Å². The highest BCUT2D eigenvalue weighted by Gasteiger charge is 2.38. The fourth-order valence-electron chi connectivity index (χ4n) is 1.60. The molecule has 102 valence electrons. The molecule has 0 spiro atoms. The van der Waals surface area contributed by atoms with Crippen molar-refractivity contribution in [1.82, 2.24) is 4.90 Å². The van der Waals surface area contributed by atoms with Crippen LogP contribution < -0.4 is 0 Å². The average Bonchev–Trinajstić information content (AvgIpc) is 2.43. The molecule has 0 radical (unpaired) electrons. The molecule has 0 fully saturated rings. The minimum Gasteiger partial charge on any atom is -0.437 e. The fraction of sp³-hybridized carbons (Fsp3) is 0.714. The first kappa shape index (κ1) is 14.7. The number of amides is 1. The molecule has 1 unspecified atom stereocenters. The van der Waals surface area contributed by atoms with Crippen LogP contribution in [0.15, 0.2) is 11.6 Å². The number of esters is 1. The van der Waals surface area contributed by atoms with Crippen LogP contribution in [0.5, 0.6) is 0 Å². The van der Waals surface area contributed by atoms with Crippen LogP contribution in [-0.2, 0) is 14.3 Å². The minimum absolute atomic E-state index is 0.0748. The van der Waals surface area contributed by atoms with Gasteiger partial charge in [0.25, 0.3) is 5.91 Å². The topological polar surface area (TPSA) is 46.6 Å². The molecule has 0 saturated heterocycles. The van der Waals surface area contributed by atoms with Crippen molar-refractivity contribution in [2.45, 2.75) is 47.8 Å². The van der Waals surface area contributed by atoms with Gasteiger partial charge >= 0.3 is 5.97 Å². The molecule has 0 aromatic heterocycles. The maximum absolute atomic E-state index is 12.1. The minimum atomic E-state index is -0.585. The first-order valence-corrected chi connectivity index (χ1v) is 6.15. The monoisotopic (exact) mass is 253 g/mol. The summed E-state index contributed by atoms with van der Waals surface area (Å²) in [6.07, 6.45) is 1.16. The predicted molar refractivity (Wildman–Crippen MR) is 69.6 cm³/mol. The summed E-state index contributed by atoms with van der Waals surface area (Å²) < 4.78 is 5.37. The Kier molecular flexibility index (Phi) is 3.61. The van der Waals surface area contributed by atoms with Gasteiger partial charge in [-0.3, -0.25) is 9.59 Å². The first-order valence-electron chi connectivity index (χ1n) is 6.15. The molecule has 1 aliphatic rings. The van der Waals surface area contributed by atoms with Crippen LogP contribution in [0.1, 0.15) is 41.5 Å². The molecule has 0 N–H and O–H groups in total. The number of likely N-dealkylation sites (N-methyl/N-ethyl adjacent to an activating group) is 1. The third kappa shape index (κ3) is 2.92. The van der Waals surface area contributed by atoms with E-state index >= 15 is 0 Å². The Morgan fingerprint density at radius 2 is 1.72 bits per heavy atom. The second-order valence-electron chi connectivity index (χ2n) is 6.79. The molecule has 0 aromatic rings. The average molecular weight is 253 g/mol. The third-order valence-electron chi connectivity index (χ3n) is 2.89. The number of nitrogens with zero attached hydrogens (tertiary/aromatic N) is 1. The highest BCUT2D eigenvalue weighted by atomic mass is 16.6. The zero-order valence-electron chi connectivity index (χ0n) is 12.3. The third-order valence-corrected chi connectivity index (χ3v) is 2.89. The molecule has 0 aromatic carbocycles. The summed E-state index contributed by atoms with van der Waals surface area (Å²) in [7, 11) is 1.65.